The molecule has 6 nitrogen and oxygen atoms in total. The van der Waals surface area contributed by atoms with Crippen LogP contribution in [0.5, 0.6) is 0 Å². The van der Waals surface area contributed by atoms with Crippen LogP contribution in [0.3, 0.4) is 0 Å². The molecule has 0 aromatic heterocycles. The molecule has 1 aromatic rings. The van der Waals surface area contributed by atoms with Crippen molar-refractivity contribution in [1.29, 1.82) is 0 Å². The summed E-state index contributed by atoms with van der Waals surface area (Å²) in [5, 5.41) is 18.3. The van der Waals surface area contributed by atoms with Gasteiger partial charge in [0, 0.05) is 12.6 Å². The number of carboxylic acids is 1. The molecule has 0 amide bonds. The molecule has 21 heavy (non-hydrogen) atoms. The first kappa shape index (κ1) is 15.9. The number of aliphatic hydroxyl groups is 1. The average Bonchev–Trinajstić information content (AvgIpc) is 2.72. The lowest BCUT2D eigenvalue weighted by atomic mass is 10.1. The Bertz CT molecular complexity index is 596. The van der Waals surface area contributed by atoms with E-state index in [1.807, 2.05) is 0 Å². The zero-order valence-corrected chi connectivity index (χ0v) is 12.4. The van der Waals surface area contributed by atoms with E-state index in [0.29, 0.717) is 13.0 Å². The number of rotatable bonds is 4. The van der Waals surface area contributed by atoms with Crippen molar-refractivity contribution in [2.24, 2.45) is 0 Å². The highest BCUT2D eigenvalue weighted by Gasteiger charge is 2.32. The second-order valence-electron chi connectivity index (χ2n) is 5.13. The van der Waals surface area contributed by atoms with Gasteiger partial charge in [0.25, 0.3) is 0 Å². The summed E-state index contributed by atoms with van der Waals surface area (Å²) >= 11 is 0. The lowest BCUT2D eigenvalue weighted by Gasteiger charge is -2.27. The first-order chi connectivity index (χ1) is 9.96. The maximum Gasteiger partial charge on any atom is 0.335 e. The minimum atomic E-state index is -3.71. The van der Waals surface area contributed by atoms with E-state index < -0.39 is 22.0 Å². The van der Waals surface area contributed by atoms with Crippen LogP contribution in [0.15, 0.2) is 29.2 Å². The van der Waals surface area contributed by atoms with Crippen LogP contribution in [0.1, 0.15) is 36.0 Å². The maximum absolute atomic E-state index is 12.7. The van der Waals surface area contributed by atoms with E-state index in [0.717, 1.165) is 19.3 Å². The van der Waals surface area contributed by atoms with Gasteiger partial charge in [-0.15, -0.1) is 0 Å². The molecule has 2 rings (SSSR count). The van der Waals surface area contributed by atoms with E-state index in [2.05, 4.69) is 0 Å². The van der Waals surface area contributed by atoms with Gasteiger partial charge in [-0.3, -0.25) is 0 Å². The molecule has 1 aliphatic heterocycles. The number of benzene rings is 1. The maximum atomic E-state index is 12.7. The van der Waals surface area contributed by atoms with E-state index in [1.165, 1.54) is 28.6 Å². The zero-order valence-electron chi connectivity index (χ0n) is 11.6. The lowest BCUT2D eigenvalue weighted by Crippen LogP contribution is -2.42. The fourth-order valence-corrected chi connectivity index (χ4v) is 4.24. The summed E-state index contributed by atoms with van der Waals surface area (Å²) in [5.74, 6) is -1.10. The molecule has 0 bridgehead atoms. The molecule has 0 saturated carbocycles. The quantitative estimate of drug-likeness (QED) is 0.874. The van der Waals surface area contributed by atoms with Gasteiger partial charge >= 0.3 is 5.97 Å². The number of hydrogen-bond acceptors (Lipinski definition) is 4. The molecule has 2 N–H and O–H groups in total. The van der Waals surface area contributed by atoms with Gasteiger partial charge in [0.05, 0.1) is 17.1 Å². The molecule has 0 aliphatic carbocycles. The molecule has 1 atom stereocenters. The second kappa shape index (κ2) is 6.55. The van der Waals surface area contributed by atoms with Gasteiger partial charge in [-0.05, 0) is 37.1 Å². The summed E-state index contributed by atoms with van der Waals surface area (Å²) in [4.78, 5) is 10.9. The highest BCUT2D eigenvalue weighted by Crippen LogP contribution is 2.24. The van der Waals surface area contributed by atoms with Crippen molar-refractivity contribution < 1.29 is 23.4 Å². The van der Waals surface area contributed by atoms with Crippen molar-refractivity contribution in [3.05, 3.63) is 29.8 Å². The van der Waals surface area contributed by atoms with Crippen molar-refractivity contribution >= 4 is 16.0 Å². The summed E-state index contributed by atoms with van der Waals surface area (Å²) in [6.45, 7) is 0.181. The minimum absolute atomic E-state index is 0.0449. The molecule has 0 spiro atoms. The number of sulfonamides is 1. The predicted molar refractivity (Wildman–Crippen MR) is 76.6 cm³/mol. The average molecular weight is 313 g/mol. The fraction of sp³-hybridized carbons (Fsp3) is 0.500. The Balaban J connectivity index is 2.32. The van der Waals surface area contributed by atoms with Crippen LogP contribution in [0.2, 0.25) is 0 Å². The third-order valence-electron chi connectivity index (χ3n) is 3.74. The molecule has 1 aliphatic rings. The lowest BCUT2D eigenvalue weighted by molar-refractivity contribution is 0.0696. The zero-order chi connectivity index (χ0) is 15.5. The molecule has 116 valence electrons. The Kier molecular flexibility index (Phi) is 4.97. The topological polar surface area (TPSA) is 94.9 Å². The van der Waals surface area contributed by atoms with Crippen LogP contribution >= 0.6 is 0 Å². The van der Waals surface area contributed by atoms with Gasteiger partial charge in [-0.1, -0.05) is 12.8 Å². The van der Waals surface area contributed by atoms with Gasteiger partial charge in [0.2, 0.25) is 10.0 Å². The summed E-state index contributed by atoms with van der Waals surface area (Å²) in [6.07, 6.45) is 3.25. The fourth-order valence-electron chi connectivity index (χ4n) is 2.55. The van der Waals surface area contributed by atoms with Gasteiger partial charge < -0.3 is 10.2 Å². The van der Waals surface area contributed by atoms with Crippen LogP contribution in [0.25, 0.3) is 0 Å². The number of hydrogen-bond donors (Lipinski definition) is 2. The number of nitrogens with zero attached hydrogens (tertiary/aromatic N) is 1. The van der Waals surface area contributed by atoms with E-state index in [-0.39, 0.29) is 17.1 Å². The van der Waals surface area contributed by atoms with Crippen molar-refractivity contribution in [2.45, 2.75) is 36.6 Å². The standard InChI is InChI=1S/C14H19NO5S/c16-10-12-4-2-1-3-9-15(12)21(19,20)13-7-5-11(6-8-13)14(17)18/h5-8,12,16H,1-4,9-10H2,(H,17,18). The highest BCUT2D eigenvalue weighted by atomic mass is 32.2. The van der Waals surface area contributed by atoms with Crippen LogP contribution in [0, 0.1) is 0 Å². The predicted octanol–water partition coefficient (Wildman–Crippen LogP) is 1.31. The third-order valence-corrected chi connectivity index (χ3v) is 5.71. The molecular formula is C14H19NO5S. The molecular weight excluding hydrogens is 294 g/mol. The number of carbonyl (C=O) groups is 1. The highest BCUT2D eigenvalue weighted by molar-refractivity contribution is 7.89. The molecule has 7 heteroatoms. The monoisotopic (exact) mass is 313 g/mol. The summed E-state index contributed by atoms with van der Waals surface area (Å²) in [6, 6.07) is 4.76. The largest absolute Gasteiger partial charge is 0.478 e. The molecule has 0 radical (unpaired) electrons. The van der Waals surface area contributed by atoms with E-state index >= 15 is 0 Å². The van der Waals surface area contributed by atoms with Gasteiger partial charge in [-0.25, -0.2) is 13.2 Å². The molecule has 1 heterocycles. The van der Waals surface area contributed by atoms with E-state index in [4.69, 9.17) is 5.11 Å². The van der Waals surface area contributed by atoms with Crippen molar-refractivity contribution in [3.63, 3.8) is 0 Å². The van der Waals surface area contributed by atoms with Crippen LogP contribution in [-0.2, 0) is 10.0 Å². The van der Waals surface area contributed by atoms with Gasteiger partial charge in [0.15, 0.2) is 0 Å². The van der Waals surface area contributed by atoms with Crippen molar-refractivity contribution in [2.75, 3.05) is 13.2 Å². The van der Waals surface area contributed by atoms with E-state index in [1.54, 1.807) is 0 Å². The minimum Gasteiger partial charge on any atom is -0.478 e. The molecule has 1 fully saturated rings. The number of carboxylic acid groups (broad SMARTS) is 1. The van der Waals surface area contributed by atoms with Crippen LogP contribution in [-0.4, -0.2) is 48.1 Å². The Morgan fingerprint density at radius 3 is 2.43 bits per heavy atom. The summed E-state index contributed by atoms with van der Waals surface area (Å²) in [5.41, 5.74) is 0.0449. The summed E-state index contributed by atoms with van der Waals surface area (Å²) < 4.78 is 26.7. The molecule has 1 unspecified atom stereocenters. The SMILES string of the molecule is O=C(O)c1ccc(S(=O)(=O)N2CCCCCC2CO)cc1. The summed E-state index contributed by atoms with van der Waals surface area (Å²) in [7, 11) is -3.71. The van der Waals surface area contributed by atoms with Crippen LogP contribution < -0.4 is 0 Å². The second-order valence-corrected chi connectivity index (χ2v) is 7.02. The van der Waals surface area contributed by atoms with Gasteiger partial charge in [-0.2, -0.15) is 4.31 Å². The van der Waals surface area contributed by atoms with Gasteiger partial charge in [0.1, 0.15) is 0 Å². The van der Waals surface area contributed by atoms with Crippen molar-refractivity contribution in [3.8, 4) is 0 Å². The Morgan fingerprint density at radius 1 is 1.19 bits per heavy atom. The Morgan fingerprint density at radius 2 is 1.86 bits per heavy atom. The number of aliphatic hydroxyl groups excluding tert-OH is 1. The smallest absolute Gasteiger partial charge is 0.335 e. The Labute approximate surface area is 124 Å². The first-order valence-electron chi connectivity index (χ1n) is 6.93. The third kappa shape index (κ3) is 3.42. The molecule has 1 saturated heterocycles. The number of aromatic carboxylic acids is 1. The first-order valence-corrected chi connectivity index (χ1v) is 8.37. The van der Waals surface area contributed by atoms with Crippen molar-refractivity contribution in [1.82, 2.24) is 4.31 Å². The normalized spacial score (nSPS) is 20.9. The van der Waals surface area contributed by atoms with Crippen LogP contribution in [0.4, 0.5) is 0 Å². The molecule has 1 aromatic carbocycles. The van der Waals surface area contributed by atoms with E-state index in [9.17, 15) is 18.3 Å². The Hall–Kier alpha value is -1.44.